The molecule has 0 bridgehead atoms. The summed E-state index contributed by atoms with van der Waals surface area (Å²) < 4.78 is 11.7. The summed E-state index contributed by atoms with van der Waals surface area (Å²) in [6, 6.07) is 11.4. The summed E-state index contributed by atoms with van der Waals surface area (Å²) in [6.07, 6.45) is 0.270. The fourth-order valence-corrected chi connectivity index (χ4v) is 2.28. The van der Waals surface area contributed by atoms with E-state index in [-0.39, 0.29) is 0 Å². The predicted octanol–water partition coefficient (Wildman–Crippen LogP) is 3.85. The molecular weight excluding hydrogens is 296 g/mol. The lowest BCUT2D eigenvalue weighted by Gasteiger charge is -2.22. The van der Waals surface area contributed by atoms with Crippen molar-refractivity contribution in [2.24, 2.45) is 0 Å². The number of hydrogen-bond donors (Lipinski definition) is 1. The Bertz CT molecular complexity index is 481. The van der Waals surface area contributed by atoms with E-state index >= 15 is 0 Å². The van der Waals surface area contributed by atoms with Crippen LogP contribution < -0.4 is 0 Å². The summed E-state index contributed by atoms with van der Waals surface area (Å²) in [7, 11) is 0. The molecule has 1 N–H and O–H groups in total. The summed E-state index contributed by atoms with van der Waals surface area (Å²) in [6.45, 7) is 2.43. The van der Waals surface area contributed by atoms with Crippen molar-refractivity contribution in [1.82, 2.24) is 0 Å². The molecule has 2 aromatic rings. The number of halogens is 1. The van der Waals surface area contributed by atoms with Crippen LogP contribution in [0, 0.1) is 0 Å². The summed E-state index contributed by atoms with van der Waals surface area (Å²) in [4.78, 5) is 0. The average Bonchev–Trinajstić information content (AvgIpc) is 2.82. The Labute approximate surface area is 115 Å². The summed E-state index contributed by atoms with van der Waals surface area (Å²) in [5.74, 6) is 0.484. The Kier molecular flexibility index (Phi) is 4.58. The van der Waals surface area contributed by atoms with E-state index in [1.165, 1.54) is 6.26 Å². The van der Waals surface area contributed by atoms with Gasteiger partial charge >= 0.3 is 0 Å². The van der Waals surface area contributed by atoms with Crippen molar-refractivity contribution >= 4 is 15.9 Å². The van der Waals surface area contributed by atoms with E-state index < -0.39 is 12.2 Å². The molecule has 0 saturated carbocycles. The molecule has 2 rings (SSSR count). The van der Waals surface area contributed by atoms with Crippen LogP contribution in [-0.4, -0.2) is 11.7 Å². The van der Waals surface area contributed by atoms with Crippen LogP contribution in [-0.2, 0) is 4.74 Å². The van der Waals surface area contributed by atoms with Crippen molar-refractivity contribution in [3.8, 4) is 0 Å². The third-order valence-corrected chi connectivity index (χ3v) is 3.33. The topological polar surface area (TPSA) is 42.6 Å². The fraction of sp³-hybridized carbons (Fsp3) is 0.286. The van der Waals surface area contributed by atoms with Crippen LogP contribution in [0.1, 0.15) is 30.5 Å². The van der Waals surface area contributed by atoms with Gasteiger partial charge in [0.1, 0.15) is 18.0 Å². The predicted molar refractivity (Wildman–Crippen MR) is 72.2 cm³/mol. The molecule has 4 heteroatoms. The molecule has 0 amide bonds. The van der Waals surface area contributed by atoms with Crippen LogP contribution in [0.5, 0.6) is 0 Å². The number of aliphatic hydroxyl groups is 1. The lowest BCUT2D eigenvalue weighted by molar-refractivity contribution is -0.0452. The number of benzene rings is 1. The van der Waals surface area contributed by atoms with Crippen LogP contribution in [0.15, 0.2) is 51.6 Å². The highest BCUT2D eigenvalue weighted by molar-refractivity contribution is 9.10. The minimum Gasteiger partial charge on any atom is -0.465 e. The van der Waals surface area contributed by atoms with Crippen LogP contribution in [0.3, 0.4) is 0 Å². The molecule has 2 atom stereocenters. The van der Waals surface area contributed by atoms with E-state index in [1.807, 2.05) is 37.3 Å². The summed E-state index contributed by atoms with van der Waals surface area (Å²) in [5, 5.41) is 10.4. The monoisotopic (exact) mass is 310 g/mol. The molecule has 3 nitrogen and oxygen atoms in total. The highest BCUT2D eigenvalue weighted by atomic mass is 79.9. The largest absolute Gasteiger partial charge is 0.465 e. The Hall–Kier alpha value is -1.10. The van der Waals surface area contributed by atoms with E-state index in [2.05, 4.69) is 15.9 Å². The number of furan rings is 1. The molecule has 0 aliphatic heterocycles. The lowest BCUT2D eigenvalue weighted by Crippen LogP contribution is -2.14. The number of ether oxygens (including phenoxy) is 1. The molecular formula is C14H15BrO3. The zero-order valence-corrected chi connectivity index (χ0v) is 11.6. The minimum absolute atomic E-state index is 0.432. The van der Waals surface area contributed by atoms with Crippen LogP contribution in [0.2, 0.25) is 0 Å². The van der Waals surface area contributed by atoms with Gasteiger partial charge in [-0.3, -0.25) is 0 Å². The van der Waals surface area contributed by atoms with Gasteiger partial charge in [0.2, 0.25) is 0 Å². The van der Waals surface area contributed by atoms with Crippen LogP contribution in [0.4, 0.5) is 0 Å². The zero-order valence-electron chi connectivity index (χ0n) is 10.0. The fourth-order valence-electron chi connectivity index (χ4n) is 1.85. The summed E-state index contributed by atoms with van der Waals surface area (Å²) >= 11 is 3.35. The molecule has 0 aliphatic carbocycles. The highest BCUT2D eigenvalue weighted by Crippen LogP contribution is 2.35. The third-order valence-electron chi connectivity index (χ3n) is 2.67. The maximum absolute atomic E-state index is 10.4. The van der Waals surface area contributed by atoms with Crippen molar-refractivity contribution in [2.45, 2.75) is 19.1 Å². The van der Waals surface area contributed by atoms with Gasteiger partial charge in [0.25, 0.3) is 0 Å². The summed E-state index contributed by atoms with van der Waals surface area (Å²) in [5.41, 5.74) is 0.926. The second kappa shape index (κ2) is 6.18. The smallest absolute Gasteiger partial charge is 0.149 e. The van der Waals surface area contributed by atoms with Gasteiger partial charge in [-0.1, -0.05) is 30.3 Å². The minimum atomic E-state index is -0.836. The first-order chi connectivity index (χ1) is 8.74. The molecule has 2 unspecified atom stereocenters. The van der Waals surface area contributed by atoms with E-state index in [1.54, 1.807) is 6.07 Å². The van der Waals surface area contributed by atoms with E-state index in [0.717, 1.165) is 10.0 Å². The molecule has 0 spiro atoms. The van der Waals surface area contributed by atoms with Crippen molar-refractivity contribution in [1.29, 1.82) is 0 Å². The van der Waals surface area contributed by atoms with Gasteiger partial charge in [-0.2, -0.15) is 0 Å². The molecule has 1 aromatic carbocycles. The van der Waals surface area contributed by atoms with E-state index in [4.69, 9.17) is 9.15 Å². The Balaban J connectivity index is 2.28. The molecule has 1 aromatic heterocycles. The second-order valence-corrected chi connectivity index (χ2v) is 4.72. The Morgan fingerprint density at radius 1 is 1.28 bits per heavy atom. The maximum Gasteiger partial charge on any atom is 0.149 e. The first-order valence-corrected chi connectivity index (χ1v) is 6.60. The number of hydrogen-bond acceptors (Lipinski definition) is 3. The van der Waals surface area contributed by atoms with Crippen LogP contribution in [0.25, 0.3) is 0 Å². The highest BCUT2D eigenvalue weighted by Gasteiger charge is 2.27. The Morgan fingerprint density at radius 3 is 2.56 bits per heavy atom. The van der Waals surface area contributed by atoms with E-state index in [9.17, 15) is 5.11 Å². The molecule has 18 heavy (non-hydrogen) atoms. The van der Waals surface area contributed by atoms with Gasteiger partial charge in [-0.25, -0.2) is 0 Å². The molecule has 0 saturated heterocycles. The molecule has 0 aliphatic rings. The quantitative estimate of drug-likeness (QED) is 0.912. The molecule has 96 valence electrons. The maximum atomic E-state index is 10.4. The van der Waals surface area contributed by atoms with Gasteiger partial charge in [0, 0.05) is 6.61 Å². The lowest BCUT2D eigenvalue weighted by atomic mass is 10.0. The SMILES string of the molecule is CCOC(c1ccccc1)C(O)c1occc1Br. The molecule has 1 heterocycles. The van der Waals surface area contributed by atoms with Gasteiger partial charge < -0.3 is 14.3 Å². The first-order valence-electron chi connectivity index (χ1n) is 5.81. The first kappa shape index (κ1) is 13.3. The van der Waals surface area contributed by atoms with Gasteiger partial charge in [-0.15, -0.1) is 0 Å². The van der Waals surface area contributed by atoms with E-state index in [0.29, 0.717) is 12.4 Å². The van der Waals surface area contributed by atoms with Gasteiger partial charge in [0.05, 0.1) is 10.7 Å². The average molecular weight is 311 g/mol. The molecule has 0 radical (unpaired) electrons. The van der Waals surface area contributed by atoms with Gasteiger partial charge in [-0.05, 0) is 34.5 Å². The zero-order chi connectivity index (χ0) is 13.0. The van der Waals surface area contributed by atoms with Gasteiger partial charge in [0.15, 0.2) is 0 Å². The van der Waals surface area contributed by atoms with Crippen molar-refractivity contribution in [2.75, 3.05) is 6.61 Å². The standard InChI is InChI=1S/C14H15BrO3/c1-2-17-13(10-6-4-3-5-7-10)12(16)14-11(15)8-9-18-14/h3-9,12-13,16H,2H2,1H3. The second-order valence-electron chi connectivity index (χ2n) is 3.86. The van der Waals surface area contributed by atoms with Crippen molar-refractivity contribution in [3.63, 3.8) is 0 Å². The number of aliphatic hydroxyl groups excluding tert-OH is 1. The Morgan fingerprint density at radius 2 is 2.00 bits per heavy atom. The number of rotatable bonds is 5. The normalized spacial score (nSPS) is 14.4. The van der Waals surface area contributed by atoms with Crippen LogP contribution >= 0.6 is 15.9 Å². The third kappa shape index (κ3) is 2.83. The molecule has 0 fully saturated rings. The van der Waals surface area contributed by atoms with Crippen molar-refractivity contribution in [3.05, 3.63) is 58.5 Å². The van der Waals surface area contributed by atoms with Crippen molar-refractivity contribution < 1.29 is 14.3 Å².